The van der Waals surface area contributed by atoms with Crippen LogP contribution in [0.3, 0.4) is 0 Å². The lowest BCUT2D eigenvalue weighted by Gasteiger charge is -2.01. The first-order chi connectivity index (χ1) is 4.84. The zero-order valence-corrected chi connectivity index (χ0v) is 6.13. The average Bonchev–Trinajstić information content (AvgIpc) is 1.94. The van der Waals surface area contributed by atoms with Crippen LogP contribution in [0.2, 0.25) is 0 Å². The minimum Gasteiger partial charge on any atom is -0.369 e. The lowest BCUT2D eigenvalue weighted by molar-refractivity contribution is 0.853. The summed E-state index contributed by atoms with van der Waals surface area (Å²) in [6.07, 6.45) is 1.69. The summed E-state index contributed by atoms with van der Waals surface area (Å²) in [7, 11) is 0. The minimum atomic E-state index is 0.817. The van der Waals surface area contributed by atoms with E-state index in [0.29, 0.717) is 0 Å². The van der Waals surface area contributed by atoms with Crippen LogP contribution in [0, 0.1) is 6.92 Å². The Labute approximate surface area is 59.7 Å². The Morgan fingerprint density at radius 2 is 2.40 bits per heavy atom. The maximum Gasteiger partial charge on any atom is 0.154 e. The number of nitrogens with zero attached hydrogens (tertiary/aromatic N) is 3. The summed E-state index contributed by atoms with van der Waals surface area (Å²) < 4.78 is 0. The van der Waals surface area contributed by atoms with Gasteiger partial charge in [0.05, 0.1) is 6.20 Å². The van der Waals surface area contributed by atoms with E-state index in [9.17, 15) is 0 Å². The first kappa shape index (κ1) is 6.92. The molecule has 0 radical (unpaired) electrons. The number of hydrogen-bond donors (Lipinski definition) is 1. The van der Waals surface area contributed by atoms with Crippen molar-refractivity contribution in [1.29, 1.82) is 0 Å². The van der Waals surface area contributed by atoms with E-state index in [1.54, 1.807) is 6.20 Å². The first-order valence-electron chi connectivity index (χ1n) is 3.23. The van der Waals surface area contributed by atoms with Crippen molar-refractivity contribution in [2.24, 2.45) is 0 Å². The molecule has 0 aliphatic rings. The second kappa shape index (κ2) is 3.10. The van der Waals surface area contributed by atoms with Gasteiger partial charge in [-0.15, -0.1) is 10.2 Å². The van der Waals surface area contributed by atoms with Gasteiger partial charge >= 0.3 is 0 Å². The van der Waals surface area contributed by atoms with Gasteiger partial charge in [-0.2, -0.15) is 0 Å². The lowest BCUT2D eigenvalue weighted by atomic mass is 10.3. The molecule has 0 atom stereocenters. The number of aromatic nitrogens is 3. The summed E-state index contributed by atoms with van der Waals surface area (Å²) in [5, 5.41) is 14.0. The molecule has 1 aromatic heterocycles. The molecule has 10 heavy (non-hydrogen) atoms. The molecule has 0 aromatic carbocycles. The maximum atomic E-state index is 3.80. The van der Waals surface area contributed by atoms with Gasteiger partial charge in [-0.25, -0.2) is 0 Å². The monoisotopic (exact) mass is 138 g/mol. The zero-order valence-electron chi connectivity index (χ0n) is 6.13. The van der Waals surface area contributed by atoms with Crippen LogP contribution in [0.4, 0.5) is 5.82 Å². The van der Waals surface area contributed by atoms with Gasteiger partial charge in [0.1, 0.15) is 0 Å². The van der Waals surface area contributed by atoms with Gasteiger partial charge in [0, 0.05) is 12.1 Å². The van der Waals surface area contributed by atoms with Gasteiger partial charge in [0.2, 0.25) is 0 Å². The molecule has 4 nitrogen and oxygen atoms in total. The molecule has 1 heterocycles. The third-order valence-corrected chi connectivity index (χ3v) is 1.17. The summed E-state index contributed by atoms with van der Waals surface area (Å²) in [4.78, 5) is 0. The van der Waals surface area contributed by atoms with Crippen molar-refractivity contribution in [3.05, 3.63) is 11.8 Å². The fourth-order valence-electron chi connectivity index (χ4n) is 0.665. The fraction of sp³-hybridized carbons (Fsp3) is 0.500. The highest BCUT2D eigenvalue weighted by Crippen LogP contribution is 2.04. The molecule has 0 fully saturated rings. The highest BCUT2D eigenvalue weighted by atomic mass is 15.3. The van der Waals surface area contributed by atoms with Crippen molar-refractivity contribution >= 4 is 5.82 Å². The molecule has 0 aliphatic heterocycles. The first-order valence-corrected chi connectivity index (χ1v) is 3.23. The largest absolute Gasteiger partial charge is 0.369 e. The number of hydrogen-bond acceptors (Lipinski definition) is 4. The van der Waals surface area contributed by atoms with Crippen LogP contribution in [-0.2, 0) is 0 Å². The van der Waals surface area contributed by atoms with Crippen molar-refractivity contribution < 1.29 is 0 Å². The van der Waals surface area contributed by atoms with Crippen molar-refractivity contribution in [2.75, 3.05) is 11.9 Å². The predicted molar refractivity (Wildman–Crippen MR) is 38.7 cm³/mol. The Hall–Kier alpha value is -1.19. The molecule has 1 rings (SSSR count). The van der Waals surface area contributed by atoms with Gasteiger partial charge in [0.15, 0.2) is 5.82 Å². The average molecular weight is 138 g/mol. The van der Waals surface area contributed by atoms with Gasteiger partial charge in [-0.05, 0) is 19.1 Å². The molecule has 54 valence electrons. The van der Waals surface area contributed by atoms with E-state index in [2.05, 4.69) is 20.7 Å². The minimum absolute atomic E-state index is 0.817. The van der Waals surface area contributed by atoms with Crippen LogP contribution in [0.15, 0.2) is 6.20 Å². The van der Waals surface area contributed by atoms with Gasteiger partial charge in [-0.1, -0.05) is 0 Å². The molecule has 0 amide bonds. The Morgan fingerprint density at radius 1 is 1.60 bits per heavy atom. The SMILES string of the molecule is CCNc1nnncc1C. The molecule has 0 bridgehead atoms. The number of rotatable bonds is 2. The highest BCUT2D eigenvalue weighted by Gasteiger charge is 1.95. The maximum absolute atomic E-state index is 3.80. The van der Waals surface area contributed by atoms with Gasteiger partial charge in [-0.3, -0.25) is 0 Å². The molecule has 4 heteroatoms. The molecule has 0 aliphatic carbocycles. The number of anilines is 1. The summed E-state index contributed by atoms with van der Waals surface area (Å²) in [6, 6.07) is 0. The van der Waals surface area contributed by atoms with E-state index in [0.717, 1.165) is 17.9 Å². The Bertz CT molecular complexity index is 211. The summed E-state index contributed by atoms with van der Waals surface area (Å²) >= 11 is 0. The lowest BCUT2D eigenvalue weighted by Crippen LogP contribution is -2.03. The predicted octanol–water partition coefficient (Wildman–Crippen LogP) is 0.612. The quantitative estimate of drug-likeness (QED) is 0.650. The van der Waals surface area contributed by atoms with Crippen molar-refractivity contribution in [1.82, 2.24) is 15.4 Å². The van der Waals surface area contributed by atoms with E-state index in [1.165, 1.54) is 0 Å². The topological polar surface area (TPSA) is 50.7 Å². The normalized spacial score (nSPS) is 9.40. The van der Waals surface area contributed by atoms with Crippen molar-refractivity contribution in [2.45, 2.75) is 13.8 Å². The standard InChI is InChI=1S/C6H10N4/c1-3-7-6-5(2)4-8-10-9-6/h4H,3H2,1-2H3,(H,7,8,9). The highest BCUT2D eigenvalue weighted by molar-refractivity contribution is 5.39. The van der Waals surface area contributed by atoms with Crippen LogP contribution >= 0.6 is 0 Å². The van der Waals surface area contributed by atoms with Gasteiger partial charge < -0.3 is 5.32 Å². The molecule has 0 unspecified atom stereocenters. The van der Waals surface area contributed by atoms with Crippen LogP contribution in [0.1, 0.15) is 12.5 Å². The molecule has 1 N–H and O–H groups in total. The number of nitrogens with one attached hydrogen (secondary N) is 1. The van der Waals surface area contributed by atoms with E-state index >= 15 is 0 Å². The van der Waals surface area contributed by atoms with Crippen LogP contribution in [-0.4, -0.2) is 22.0 Å². The summed E-state index contributed by atoms with van der Waals surface area (Å²) in [5.74, 6) is 0.817. The molecular formula is C6H10N4. The molecule has 0 saturated heterocycles. The molecule has 1 aromatic rings. The molecule has 0 spiro atoms. The third-order valence-electron chi connectivity index (χ3n) is 1.17. The van der Waals surface area contributed by atoms with E-state index < -0.39 is 0 Å². The summed E-state index contributed by atoms with van der Waals surface area (Å²) in [5.41, 5.74) is 1.02. The van der Waals surface area contributed by atoms with Crippen LogP contribution in [0.25, 0.3) is 0 Å². The van der Waals surface area contributed by atoms with Gasteiger partial charge in [0.25, 0.3) is 0 Å². The van der Waals surface area contributed by atoms with Crippen molar-refractivity contribution in [3.8, 4) is 0 Å². The Balaban J connectivity index is 2.81. The summed E-state index contributed by atoms with van der Waals surface area (Å²) in [6.45, 7) is 4.82. The van der Waals surface area contributed by atoms with Crippen LogP contribution in [0.5, 0.6) is 0 Å². The molecular weight excluding hydrogens is 128 g/mol. The zero-order chi connectivity index (χ0) is 7.40. The Morgan fingerprint density at radius 3 is 3.00 bits per heavy atom. The van der Waals surface area contributed by atoms with Crippen LogP contribution < -0.4 is 5.32 Å². The fourth-order valence-corrected chi connectivity index (χ4v) is 0.665. The van der Waals surface area contributed by atoms with E-state index in [-0.39, 0.29) is 0 Å². The van der Waals surface area contributed by atoms with E-state index in [1.807, 2.05) is 13.8 Å². The second-order valence-electron chi connectivity index (χ2n) is 2.00. The second-order valence-corrected chi connectivity index (χ2v) is 2.00. The van der Waals surface area contributed by atoms with E-state index in [4.69, 9.17) is 0 Å². The third kappa shape index (κ3) is 1.40. The Kier molecular flexibility index (Phi) is 2.15. The molecule has 0 saturated carbocycles. The smallest absolute Gasteiger partial charge is 0.154 e. The van der Waals surface area contributed by atoms with Crippen molar-refractivity contribution in [3.63, 3.8) is 0 Å². The number of aryl methyl sites for hydroxylation is 1.